The summed E-state index contributed by atoms with van der Waals surface area (Å²) in [5.41, 5.74) is 0.329. The fraction of sp³-hybridized carbons (Fsp3) is 0.0556. The van der Waals surface area contributed by atoms with Gasteiger partial charge in [-0.05, 0) is 30.3 Å². The highest BCUT2D eigenvalue weighted by atomic mass is 19.1. The number of carbonyl (C=O) groups is 1. The van der Waals surface area contributed by atoms with Gasteiger partial charge in [-0.15, -0.1) is 0 Å². The van der Waals surface area contributed by atoms with Crippen molar-refractivity contribution in [2.75, 3.05) is 5.32 Å². The van der Waals surface area contributed by atoms with E-state index in [0.29, 0.717) is 11.3 Å². The van der Waals surface area contributed by atoms with Gasteiger partial charge in [0, 0.05) is 23.8 Å². The van der Waals surface area contributed by atoms with E-state index >= 15 is 0 Å². The number of carbonyl (C=O) groups excluding carboxylic acids is 1. The topological polar surface area (TPSA) is 107 Å². The summed E-state index contributed by atoms with van der Waals surface area (Å²) in [6.45, 7) is -0.409. The van der Waals surface area contributed by atoms with E-state index in [2.05, 4.69) is 10.4 Å². The molecule has 0 radical (unpaired) electrons. The van der Waals surface area contributed by atoms with Gasteiger partial charge in [0.1, 0.15) is 12.4 Å². The van der Waals surface area contributed by atoms with E-state index in [1.807, 2.05) is 0 Å². The third-order valence-electron chi connectivity index (χ3n) is 3.68. The predicted octanol–water partition coefficient (Wildman–Crippen LogP) is 2.60. The monoisotopic (exact) mass is 368 g/mol. The molecular formula is C18H13FN4O4. The number of nitrogens with zero attached hydrogens (tertiary/aromatic N) is 3. The van der Waals surface area contributed by atoms with Crippen LogP contribution in [0.1, 0.15) is 0 Å². The van der Waals surface area contributed by atoms with Crippen molar-refractivity contribution in [2.45, 2.75) is 6.54 Å². The molecule has 1 N–H and O–H groups in total. The largest absolute Gasteiger partial charge is 0.322 e. The summed E-state index contributed by atoms with van der Waals surface area (Å²) in [5, 5.41) is 17.2. The number of nitro groups is 1. The Kier molecular flexibility index (Phi) is 5.02. The third kappa shape index (κ3) is 4.21. The number of nitrogens with one attached hydrogen (secondary N) is 1. The van der Waals surface area contributed by atoms with Gasteiger partial charge in [-0.1, -0.05) is 12.1 Å². The molecule has 0 unspecified atom stereocenters. The van der Waals surface area contributed by atoms with E-state index in [4.69, 9.17) is 0 Å². The summed E-state index contributed by atoms with van der Waals surface area (Å²) < 4.78 is 14.5. The van der Waals surface area contributed by atoms with E-state index in [1.54, 1.807) is 6.07 Å². The fourth-order valence-corrected chi connectivity index (χ4v) is 2.36. The zero-order valence-electron chi connectivity index (χ0n) is 13.8. The van der Waals surface area contributed by atoms with Crippen LogP contribution < -0.4 is 10.9 Å². The minimum Gasteiger partial charge on any atom is -0.322 e. The first-order valence-electron chi connectivity index (χ1n) is 7.81. The van der Waals surface area contributed by atoms with Crippen LogP contribution in [0.5, 0.6) is 0 Å². The zero-order valence-corrected chi connectivity index (χ0v) is 13.8. The second-order valence-corrected chi connectivity index (χ2v) is 5.55. The van der Waals surface area contributed by atoms with E-state index in [9.17, 15) is 24.1 Å². The Morgan fingerprint density at radius 2 is 1.81 bits per heavy atom. The Morgan fingerprint density at radius 3 is 2.48 bits per heavy atom. The van der Waals surface area contributed by atoms with Crippen LogP contribution in [0.25, 0.3) is 11.3 Å². The molecule has 0 saturated heterocycles. The summed E-state index contributed by atoms with van der Waals surface area (Å²) in [4.78, 5) is 34.3. The number of nitro benzene ring substituents is 1. The maximum absolute atomic E-state index is 13.6. The molecule has 0 bridgehead atoms. The molecule has 1 aromatic heterocycles. The van der Waals surface area contributed by atoms with Gasteiger partial charge in [0.2, 0.25) is 5.91 Å². The summed E-state index contributed by atoms with van der Waals surface area (Å²) in [5.74, 6) is -1.21. The average Bonchev–Trinajstić information content (AvgIpc) is 2.65. The smallest absolute Gasteiger partial charge is 0.269 e. The van der Waals surface area contributed by atoms with E-state index in [1.165, 1.54) is 54.6 Å². The fourth-order valence-electron chi connectivity index (χ4n) is 2.36. The molecule has 0 aliphatic heterocycles. The zero-order chi connectivity index (χ0) is 19.4. The van der Waals surface area contributed by atoms with Crippen molar-refractivity contribution in [2.24, 2.45) is 0 Å². The van der Waals surface area contributed by atoms with Gasteiger partial charge in [-0.3, -0.25) is 19.7 Å². The molecule has 136 valence electrons. The second-order valence-electron chi connectivity index (χ2n) is 5.55. The quantitative estimate of drug-likeness (QED) is 0.550. The van der Waals surface area contributed by atoms with E-state index in [0.717, 1.165) is 4.68 Å². The Hall–Kier alpha value is -3.88. The number of anilines is 1. The summed E-state index contributed by atoms with van der Waals surface area (Å²) in [7, 11) is 0. The second kappa shape index (κ2) is 7.56. The molecule has 0 aliphatic carbocycles. The number of rotatable bonds is 5. The van der Waals surface area contributed by atoms with Crippen LogP contribution in [0.15, 0.2) is 65.5 Å². The number of hydrogen-bond acceptors (Lipinski definition) is 5. The summed E-state index contributed by atoms with van der Waals surface area (Å²) >= 11 is 0. The van der Waals surface area contributed by atoms with Crippen LogP contribution in [0.2, 0.25) is 0 Å². The Labute approximate surface area is 152 Å². The lowest BCUT2D eigenvalue weighted by atomic mass is 10.1. The minimum atomic E-state index is -0.615. The number of non-ortho nitro benzene ring substituents is 1. The highest BCUT2D eigenvalue weighted by Crippen LogP contribution is 2.19. The van der Waals surface area contributed by atoms with Gasteiger partial charge < -0.3 is 5.32 Å². The molecule has 0 aliphatic rings. The predicted molar refractivity (Wildman–Crippen MR) is 95.6 cm³/mol. The van der Waals surface area contributed by atoms with Crippen LogP contribution in [0.4, 0.5) is 15.8 Å². The first kappa shape index (κ1) is 17.9. The maximum atomic E-state index is 13.6. The average molecular weight is 368 g/mol. The van der Waals surface area contributed by atoms with Gasteiger partial charge in [0.25, 0.3) is 11.2 Å². The van der Waals surface area contributed by atoms with E-state index in [-0.39, 0.29) is 11.4 Å². The molecule has 1 heterocycles. The van der Waals surface area contributed by atoms with Crippen molar-refractivity contribution in [1.29, 1.82) is 0 Å². The maximum Gasteiger partial charge on any atom is 0.269 e. The standard InChI is InChI=1S/C18H13FN4O4/c19-14-3-1-2-4-16(14)20-17(24)11-22-18(25)10-9-15(21-22)12-5-7-13(8-6-12)23(26)27/h1-10H,11H2,(H,20,24). The van der Waals surface area contributed by atoms with Crippen molar-refractivity contribution >= 4 is 17.3 Å². The van der Waals surface area contributed by atoms with Crippen LogP contribution in [0, 0.1) is 15.9 Å². The van der Waals surface area contributed by atoms with Gasteiger partial charge >= 0.3 is 0 Å². The number of halogens is 1. The van der Waals surface area contributed by atoms with Crippen molar-refractivity contribution < 1.29 is 14.1 Å². The SMILES string of the molecule is O=C(Cn1nc(-c2ccc([N+](=O)[O-])cc2)ccc1=O)Nc1ccccc1F. The molecule has 0 fully saturated rings. The minimum absolute atomic E-state index is 0.00192. The molecule has 0 saturated carbocycles. The first-order chi connectivity index (χ1) is 12.9. The van der Waals surface area contributed by atoms with Gasteiger partial charge in [-0.2, -0.15) is 5.10 Å². The van der Waals surface area contributed by atoms with Gasteiger partial charge in [-0.25, -0.2) is 9.07 Å². The molecule has 3 rings (SSSR count). The lowest BCUT2D eigenvalue weighted by molar-refractivity contribution is -0.384. The Bertz CT molecular complexity index is 1060. The highest BCUT2D eigenvalue weighted by molar-refractivity contribution is 5.90. The normalized spacial score (nSPS) is 10.4. The van der Waals surface area contributed by atoms with Crippen LogP contribution in [-0.4, -0.2) is 20.6 Å². The molecule has 3 aromatic rings. The molecule has 0 spiro atoms. The van der Waals surface area contributed by atoms with Crippen LogP contribution >= 0.6 is 0 Å². The third-order valence-corrected chi connectivity index (χ3v) is 3.68. The summed E-state index contributed by atoms with van der Waals surface area (Å²) in [6.07, 6.45) is 0. The van der Waals surface area contributed by atoms with Crippen molar-refractivity contribution in [1.82, 2.24) is 9.78 Å². The number of benzene rings is 2. The van der Waals surface area contributed by atoms with Crippen molar-refractivity contribution in [3.63, 3.8) is 0 Å². The lowest BCUT2D eigenvalue weighted by Gasteiger charge is -2.09. The molecule has 2 aromatic carbocycles. The lowest BCUT2D eigenvalue weighted by Crippen LogP contribution is -2.29. The highest BCUT2D eigenvalue weighted by Gasteiger charge is 2.11. The van der Waals surface area contributed by atoms with Crippen LogP contribution in [0.3, 0.4) is 0 Å². The molecule has 1 amide bonds. The van der Waals surface area contributed by atoms with Crippen LogP contribution in [-0.2, 0) is 11.3 Å². The van der Waals surface area contributed by atoms with E-state index < -0.39 is 28.8 Å². The summed E-state index contributed by atoms with van der Waals surface area (Å²) in [6, 6.07) is 14.0. The molecule has 9 heteroatoms. The number of hydrogen-bond donors (Lipinski definition) is 1. The van der Waals surface area contributed by atoms with Gasteiger partial charge in [0.05, 0.1) is 16.3 Å². The van der Waals surface area contributed by atoms with Crippen molar-refractivity contribution in [3.8, 4) is 11.3 Å². The van der Waals surface area contributed by atoms with Crippen molar-refractivity contribution in [3.05, 3.63) is 86.9 Å². The van der Waals surface area contributed by atoms with Gasteiger partial charge in [0.15, 0.2) is 0 Å². The first-order valence-corrected chi connectivity index (χ1v) is 7.81. The Morgan fingerprint density at radius 1 is 1.11 bits per heavy atom. The molecule has 8 nitrogen and oxygen atoms in total. The molecular weight excluding hydrogens is 355 g/mol. The Balaban J connectivity index is 1.81. The molecule has 27 heavy (non-hydrogen) atoms. The molecule has 0 atom stereocenters. The number of para-hydroxylation sites is 1. The number of aromatic nitrogens is 2. The number of amides is 1.